The van der Waals surface area contributed by atoms with E-state index in [1.807, 2.05) is 0 Å². The fourth-order valence-corrected chi connectivity index (χ4v) is 1.01. The Morgan fingerprint density at radius 3 is 2.73 bits per heavy atom. The van der Waals surface area contributed by atoms with Gasteiger partial charge in [0.1, 0.15) is 11.9 Å². The van der Waals surface area contributed by atoms with Crippen molar-refractivity contribution in [3.05, 3.63) is 23.7 Å². The monoisotopic (exact) mass is 214 g/mol. The fourth-order valence-electron chi connectivity index (χ4n) is 1.01. The second-order valence-corrected chi connectivity index (χ2v) is 2.81. The van der Waals surface area contributed by atoms with E-state index in [4.69, 9.17) is 9.52 Å². The van der Waals surface area contributed by atoms with E-state index in [1.165, 1.54) is 19.2 Å². The molecule has 1 aromatic rings. The van der Waals surface area contributed by atoms with Crippen molar-refractivity contribution in [2.45, 2.75) is 12.5 Å². The zero-order valence-electron chi connectivity index (χ0n) is 7.97. The van der Waals surface area contributed by atoms with Crippen LogP contribution in [0.15, 0.2) is 16.5 Å². The number of hydrogen-bond donors (Lipinski definition) is 2. The molecule has 0 saturated heterocycles. The molecule has 0 aromatic carbocycles. The van der Waals surface area contributed by atoms with E-state index >= 15 is 0 Å². The number of aliphatic carboxylic acids is 1. The van der Waals surface area contributed by atoms with Crippen molar-refractivity contribution in [1.29, 1.82) is 0 Å². The molecule has 1 rings (SSSR count). The van der Waals surface area contributed by atoms with Crippen LogP contribution in [0.4, 0.5) is 0 Å². The zero-order chi connectivity index (χ0) is 11.4. The summed E-state index contributed by atoms with van der Waals surface area (Å²) in [6, 6.07) is 2.64. The molecule has 1 atom stereocenters. The molecule has 0 spiro atoms. The number of carboxylic acid groups (broad SMARTS) is 1. The number of aliphatic hydroxyl groups is 1. The van der Waals surface area contributed by atoms with Crippen LogP contribution in [0.3, 0.4) is 0 Å². The van der Waals surface area contributed by atoms with E-state index in [0.717, 1.165) is 0 Å². The topological polar surface area (TPSA) is 97.0 Å². The summed E-state index contributed by atoms with van der Waals surface area (Å²) in [6.45, 7) is 0. The van der Waals surface area contributed by atoms with Crippen molar-refractivity contribution in [2.24, 2.45) is 0 Å². The molecule has 6 heteroatoms. The van der Waals surface area contributed by atoms with Crippen molar-refractivity contribution < 1.29 is 29.0 Å². The van der Waals surface area contributed by atoms with E-state index in [-0.39, 0.29) is 11.5 Å². The molecule has 0 unspecified atom stereocenters. The average molecular weight is 214 g/mol. The van der Waals surface area contributed by atoms with Gasteiger partial charge in [0.2, 0.25) is 5.76 Å². The standard InChI is InChI=1S/C9H10O6/c1-14-9(13)7-3-2-6(15-7)5(10)4-8(11)12/h2-3,5,10H,4H2,1H3,(H,11,12)/t5-/m1/s1. The van der Waals surface area contributed by atoms with Gasteiger partial charge in [-0.05, 0) is 12.1 Å². The predicted molar refractivity (Wildman–Crippen MR) is 47.3 cm³/mol. The highest BCUT2D eigenvalue weighted by atomic mass is 16.5. The molecule has 0 aliphatic rings. The minimum atomic E-state index is -1.26. The average Bonchev–Trinajstić information content (AvgIpc) is 2.64. The van der Waals surface area contributed by atoms with E-state index in [2.05, 4.69) is 4.74 Å². The quantitative estimate of drug-likeness (QED) is 0.711. The van der Waals surface area contributed by atoms with Crippen LogP contribution in [0.25, 0.3) is 0 Å². The summed E-state index contributed by atoms with van der Waals surface area (Å²) in [7, 11) is 1.19. The van der Waals surface area contributed by atoms with Gasteiger partial charge < -0.3 is 19.4 Å². The number of carbonyl (C=O) groups excluding carboxylic acids is 1. The zero-order valence-corrected chi connectivity index (χ0v) is 7.97. The Balaban J connectivity index is 2.75. The first kappa shape index (κ1) is 11.3. The van der Waals surface area contributed by atoms with E-state index in [1.54, 1.807) is 0 Å². The summed E-state index contributed by atoms with van der Waals surface area (Å²) < 4.78 is 9.29. The molecule has 0 amide bonds. The lowest BCUT2D eigenvalue weighted by molar-refractivity contribution is -0.139. The van der Waals surface area contributed by atoms with E-state index in [9.17, 15) is 14.7 Å². The van der Waals surface area contributed by atoms with Crippen molar-refractivity contribution in [3.63, 3.8) is 0 Å². The highest BCUT2D eigenvalue weighted by Crippen LogP contribution is 2.19. The fraction of sp³-hybridized carbons (Fsp3) is 0.333. The van der Waals surface area contributed by atoms with Gasteiger partial charge in [-0.25, -0.2) is 4.79 Å². The molecule has 0 aliphatic heterocycles. The Morgan fingerprint density at radius 2 is 2.20 bits per heavy atom. The molecule has 6 nitrogen and oxygen atoms in total. The Bertz CT molecular complexity index is 366. The lowest BCUT2D eigenvalue weighted by Gasteiger charge is -2.02. The van der Waals surface area contributed by atoms with Crippen LogP contribution in [0.1, 0.15) is 28.8 Å². The smallest absolute Gasteiger partial charge is 0.373 e. The maximum absolute atomic E-state index is 11.0. The van der Waals surface area contributed by atoms with Gasteiger partial charge in [0.05, 0.1) is 13.5 Å². The first-order chi connectivity index (χ1) is 7.04. The SMILES string of the molecule is COC(=O)c1ccc([C@H](O)CC(=O)O)o1. The third-order valence-electron chi connectivity index (χ3n) is 1.71. The highest BCUT2D eigenvalue weighted by Gasteiger charge is 2.18. The van der Waals surface area contributed by atoms with Crippen LogP contribution in [-0.4, -0.2) is 29.3 Å². The van der Waals surface area contributed by atoms with Crippen LogP contribution in [0.2, 0.25) is 0 Å². The summed E-state index contributed by atoms with van der Waals surface area (Å²) in [6.07, 6.45) is -1.74. The highest BCUT2D eigenvalue weighted by molar-refractivity contribution is 5.86. The van der Waals surface area contributed by atoms with Crippen LogP contribution in [0, 0.1) is 0 Å². The molecule has 0 radical (unpaired) electrons. The van der Waals surface area contributed by atoms with Gasteiger partial charge in [-0.3, -0.25) is 4.79 Å². The Kier molecular flexibility index (Phi) is 3.46. The molecular formula is C9H10O6. The number of aliphatic hydroxyl groups excluding tert-OH is 1. The summed E-state index contributed by atoms with van der Waals surface area (Å²) >= 11 is 0. The molecular weight excluding hydrogens is 204 g/mol. The summed E-state index contributed by atoms with van der Waals surface area (Å²) in [5.74, 6) is -1.88. The molecule has 1 aromatic heterocycles. The Hall–Kier alpha value is -1.82. The normalized spacial score (nSPS) is 12.1. The van der Waals surface area contributed by atoms with Crippen molar-refractivity contribution >= 4 is 11.9 Å². The third kappa shape index (κ3) is 2.81. The summed E-state index contributed by atoms with van der Waals surface area (Å²) in [5.41, 5.74) is 0. The van der Waals surface area contributed by atoms with Crippen LogP contribution < -0.4 is 0 Å². The lowest BCUT2D eigenvalue weighted by Crippen LogP contribution is -2.04. The maximum atomic E-state index is 11.0. The molecule has 0 saturated carbocycles. The van der Waals surface area contributed by atoms with Crippen LogP contribution >= 0.6 is 0 Å². The number of esters is 1. The Labute approximate surface area is 85.1 Å². The number of hydrogen-bond acceptors (Lipinski definition) is 5. The predicted octanol–water partition coefficient (Wildman–Crippen LogP) is 0.574. The molecule has 82 valence electrons. The molecule has 0 fully saturated rings. The number of carboxylic acids is 1. The van der Waals surface area contributed by atoms with Crippen molar-refractivity contribution in [1.82, 2.24) is 0 Å². The molecule has 1 heterocycles. The van der Waals surface area contributed by atoms with E-state index in [0.29, 0.717) is 0 Å². The molecule has 0 aliphatic carbocycles. The molecule has 2 N–H and O–H groups in total. The maximum Gasteiger partial charge on any atom is 0.373 e. The van der Waals surface area contributed by atoms with Gasteiger partial charge in [0.15, 0.2) is 0 Å². The van der Waals surface area contributed by atoms with Crippen LogP contribution in [0.5, 0.6) is 0 Å². The molecule has 0 bridgehead atoms. The second-order valence-electron chi connectivity index (χ2n) is 2.81. The van der Waals surface area contributed by atoms with Gasteiger partial charge in [-0.2, -0.15) is 0 Å². The lowest BCUT2D eigenvalue weighted by atomic mass is 10.2. The number of methoxy groups -OCH3 is 1. The first-order valence-corrected chi connectivity index (χ1v) is 4.12. The van der Waals surface area contributed by atoms with Gasteiger partial charge in [-0.1, -0.05) is 0 Å². The van der Waals surface area contributed by atoms with Gasteiger partial charge in [-0.15, -0.1) is 0 Å². The van der Waals surface area contributed by atoms with E-state index < -0.39 is 24.5 Å². The largest absolute Gasteiger partial charge is 0.481 e. The number of furan rings is 1. The van der Waals surface area contributed by atoms with Gasteiger partial charge >= 0.3 is 11.9 Å². The molecule has 15 heavy (non-hydrogen) atoms. The third-order valence-corrected chi connectivity index (χ3v) is 1.71. The minimum absolute atomic E-state index is 0.0257. The van der Waals surface area contributed by atoms with Crippen molar-refractivity contribution in [2.75, 3.05) is 7.11 Å². The Morgan fingerprint density at radius 1 is 1.53 bits per heavy atom. The first-order valence-electron chi connectivity index (χ1n) is 4.12. The van der Waals surface area contributed by atoms with Crippen molar-refractivity contribution in [3.8, 4) is 0 Å². The van der Waals surface area contributed by atoms with Crippen LogP contribution in [-0.2, 0) is 9.53 Å². The van der Waals surface area contributed by atoms with Gasteiger partial charge in [0, 0.05) is 0 Å². The summed E-state index contributed by atoms with van der Waals surface area (Å²) in [4.78, 5) is 21.2. The number of rotatable bonds is 4. The number of ether oxygens (including phenoxy) is 1. The van der Waals surface area contributed by atoms with Gasteiger partial charge in [0.25, 0.3) is 0 Å². The second kappa shape index (κ2) is 4.61. The number of carbonyl (C=O) groups is 2. The minimum Gasteiger partial charge on any atom is -0.481 e. The summed E-state index contributed by atoms with van der Waals surface area (Å²) in [5, 5.41) is 17.7.